The monoisotopic (exact) mass is 351 g/mol. The number of nitrogens with two attached hydrogens (primary N) is 1. The molecule has 80 valence electrons. The quantitative estimate of drug-likeness (QED) is 0.818. The van der Waals surface area contributed by atoms with Gasteiger partial charge >= 0.3 is 0 Å². The number of rotatable bonds is 2. The van der Waals surface area contributed by atoms with Crippen LogP contribution in [0.1, 0.15) is 16.5 Å². The molecule has 0 bridgehead atoms. The van der Waals surface area contributed by atoms with Crippen molar-refractivity contribution in [1.82, 2.24) is 0 Å². The fourth-order valence-electron chi connectivity index (χ4n) is 1.30. The average Bonchev–Trinajstić information content (AvgIpc) is 2.71. The highest BCUT2D eigenvalue weighted by atomic mass is 127. The van der Waals surface area contributed by atoms with Crippen LogP contribution in [0.4, 0.5) is 0 Å². The lowest BCUT2D eigenvalue weighted by molar-refractivity contribution is 0.893. The third kappa shape index (κ3) is 3.17. The Morgan fingerprint density at radius 1 is 1.13 bits per heavy atom. The van der Waals surface area contributed by atoms with Gasteiger partial charge in [-0.15, -0.1) is 23.7 Å². The summed E-state index contributed by atoms with van der Waals surface area (Å²) in [6.07, 6.45) is 0. The second-order valence-electron chi connectivity index (χ2n) is 3.04. The van der Waals surface area contributed by atoms with E-state index in [4.69, 9.17) is 5.73 Å². The summed E-state index contributed by atoms with van der Waals surface area (Å²) in [4.78, 5) is 1.21. The summed E-state index contributed by atoms with van der Waals surface area (Å²) < 4.78 is 1.24. The van der Waals surface area contributed by atoms with E-state index in [-0.39, 0.29) is 18.4 Å². The van der Waals surface area contributed by atoms with Crippen molar-refractivity contribution < 1.29 is 0 Å². The first-order valence-corrected chi connectivity index (χ1v) is 6.27. The van der Waals surface area contributed by atoms with E-state index in [2.05, 4.69) is 58.3 Å². The molecule has 15 heavy (non-hydrogen) atoms. The Hall–Kier alpha value is -0.100. The zero-order valence-electron chi connectivity index (χ0n) is 7.89. The van der Waals surface area contributed by atoms with Gasteiger partial charge in [0.15, 0.2) is 0 Å². The van der Waals surface area contributed by atoms with Gasteiger partial charge in [-0.3, -0.25) is 0 Å². The van der Waals surface area contributed by atoms with E-state index in [9.17, 15) is 0 Å². The topological polar surface area (TPSA) is 26.0 Å². The molecule has 0 saturated carbocycles. The van der Waals surface area contributed by atoms with Crippen LogP contribution in [0.15, 0.2) is 41.8 Å². The number of hydrogen-bond donors (Lipinski definition) is 1. The molecule has 2 N–H and O–H groups in total. The highest BCUT2D eigenvalue weighted by Gasteiger charge is 2.08. The lowest BCUT2D eigenvalue weighted by atomic mass is 10.1. The largest absolute Gasteiger partial charge is 0.320 e. The van der Waals surface area contributed by atoms with Gasteiger partial charge in [0.25, 0.3) is 0 Å². The van der Waals surface area contributed by atoms with Crippen molar-refractivity contribution in [3.63, 3.8) is 0 Å². The first kappa shape index (κ1) is 13.0. The fraction of sp³-hybridized carbons (Fsp3) is 0.0909. The standard InChI is InChI=1S/C11H10INS.ClH/c12-9-5-3-8(4-6-9)11(13)10-2-1-7-14-10;/h1-7,11H,13H2;1H/t11-;/m1./s1. The molecule has 0 spiro atoms. The summed E-state index contributed by atoms with van der Waals surface area (Å²) in [5, 5.41) is 2.06. The first-order valence-electron chi connectivity index (χ1n) is 4.32. The smallest absolute Gasteiger partial charge is 0.0646 e. The normalized spacial score (nSPS) is 11.9. The van der Waals surface area contributed by atoms with E-state index in [1.807, 2.05) is 6.07 Å². The van der Waals surface area contributed by atoms with Gasteiger partial charge in [-0.05, 0) is 51.7 Å². The highest BCUT2D eigenvalue weighted by Crippen LogP contribution is 2.23. The molecule has 0 aliphatic carbocycles. The summed E-state index contributed by atoms with van der Waals surface area (Å²) >= 11 is 4.00. The maximum Gasteiger partial charge on any atom is 0.0646 e. The van der Waals surface area contributed by atoms with Crippen LogP contribution in [0.25, 0.3) is 0 Å². The van der Waals surface area contributed by atoms with E-state index in [1.165, 1.54) is 14.0 Å². The highest BCUT2D eigenvalue weighted by molar-refractivity contribution is 14.1. The van der Waals surface area contributed by atoms with Crippen LogP contribution in [-0.2, 0) is 0 Å². The van der Waals surface area contributed by atoms with E-state index >= 15 is 0 Å². The number of benzene rings is 1. The molecular formula is C11H11ClINS. The molecule has 1 atom stereocenters. The Morgan fingerprint density at radius 2 is 1.80 bits per heavy atom. The Bertz CT molecular complexity index is 399. The maximum atomic E-state index is 6.12. The van der Waals surface area contributed by atoms with E-state index < -0.39 is 0 Å². The molecule has 0 saturated heterocycles. The zero-order valence-corrected chi connectivity index (χ0v) is 11.7. The molecule has 2 rings (SSSR count). The van der Waals surface area contributed by atoms with Crippen LogP contribution >= 0.6 is 46.3 Å². The van der Waals surface area contributed by atoms with Crippen molar-refractivity contribution >= 4 is 46.3 Å². The molecule has 0 aliphatic rings. The van der Waals surface area contributed by atoms with Crippen molar-refractivity contribution in [3.8, 4) is 0 Å². The summed E-state index contributed by atoms with van der Waals surface area (Å²) in [6, 6.07) is 12.5. The molecule has 0 amide bonds. The van der Waals surface area contributed by atoms with Crippen LogP contribution in [-0.4, -0.2) is 0 Å². The van der Waals surface area contributed by atoms with Crippen LogP contribution in [0, 0.1) is 3.57 Å². The lowest BCUT2D eigenvalue weighted by Crippen LogP contribution is -2.09. The molecule has 1 heterocycles. The van der Waals surface area contributed by atoms with Gasteiger partial charge in [0.2, 0.25) is 0 Å². The molecule has 1 aromatic heterocycles. The minimum absolute atomic E-state index is 0. The number of halogens is 2. The Balaban J connectivity index is 0.00000112. The SMILES string of the molecule is Cl.N[C@H](c1ccc(I)cc1)c1cccs1. The summed E-state index contributed by atoms with van der Waals surface area (Å²) in [5.41, 5.74) is 7.29. The van der Waals surface area contributed by atoms with Gasteiger partial charge in [-0.1, -0.05) is 18.2 Å². The molecule has 0 fully saturated rings. The summed E-state index contributed by atoms with van der Waals surface area (Å²) in [7, 11) is 0. The lowest BCUT2D eigenvalue weighted by Gasteiger charge is -2.09. The molecule has 0 unspecified atom stereocenters. The molecule has 0 radical (unpaired) electrons. The fourth-order valence-corrected chi connectivity index (χ4v) is 2.42. The Kier molecular flexibility index (Phi) is 5.05. The number of hydrogen-bond acceptors (Lipinski definition) is 2. The van der Waals surface area contributed by atoms with E-state index in [1.54, 1.807) is 11.3 Å². The molecule has 2 aromatic rings. The van der Waals surface area contributed by atoms with Gasteiger partial charge in [-0.2, -0.15) is 0 Å². The van der Waals surface area contributed by atoms with Crippen molar-refractivity contribution in [1.29, 1.82) is 0 Å². The van der Waals surface area contributed by atoms with Gasteiger partial charge < -0.3 is 5.73 Å². The predicted octanol–water partition coefficient (Wildman–Crippen LogP) is 3.82. The Labute approximate surface area is 113 Å². The second-order valence-corrected chi connectivity index (χ2v) is 5.27. The minimum Gasteiger partial charge on any atom is -0.320 e. The van der Waals surface area contributed by atoms with Crippen LogP contribution in [0.2, 0.25) is 0 Å². The van der Waals surface area contributed by atoms with Crippen LogP contribution in [0.3, 0.4) is 0 Å². The number of thiophene rings is 1. The van der Waals surface area contributed by atoms with E-state index in [0.29, 0.717) is 0 Å². The molecular weight excluding hydrogens is 341 g/mol. The predicted molar refractivity (Wildman–Crippen MR) is 76.8 cm³/mol. The van der Waals surface area contributed by atoms with Crippen molar-refractivity contribution in [3.05, 3.63) is 55.8 Å². The van der Waals surface area contributed by atoms with Gasteiger partial charge in [0.1, 0.15) is 0 Å². The van der Waals surface area contributed by atoms with Gasteiger partial charge in [-0.25, -0.2) is 0 Å². The maximum absolute atomic E-state index is 6.12. The van der Waals surface area contributed by atoms with Gasteiger partial charge in [0, 0.05) is 8.45 Å². The third-order valence-electron chi connectivity index (χ3n) is 2.08. The molecule has 1 nitrogen and oxygen atoms in total. The summed E-state index contributed by atoms with van der Waals surface area (Å²) in [5.74, 6) is 0. The van der Waals surface area contributed by atoms with Crippen LogP contribution < -0.4 is 5.73 Å². The minimum atomic E-state index is 0. The summed E-state index contributed by atoms with van der Waals surface area (Å²) in [6.45, 7) is 0. The van der Waals surface area contributed by atoms with Gasteiger partial charge in [0.05, 0.1) is 6.04 Å². The second kappa shape index (κ2) is 5.84. The average molecular weight is 352 g/mol. The molecule has 4 heteroatoms. The van der Waals surface area contributed by atoms with Crippen molar-refractivity contribution in [2.24, 2.45) is 5.73 Å². The zero-order chi connectivity index (χ0) is 9.97. The molecule has 0 aliphatic heterocycles. The molecule has 1 aromatic carbocycles. The van der Waals surface area contributed by atoms with E-state index in [0.717, 1.165) is 0 Å². The Morgan fingerprint density at radius 3 is 2.33 bits per heavy atom. The first-order chi connectivity index (χ1) is 6.77. The third-order valence-corrected chi connectivity index (χ3v) is 3.75. The van der Waals surface area contributed by atoms with Crippen molar-refractivity contribution in [2.75, 3.05) is 0 Å². The van der Waals surface area contributed by atoms with Crippen molar-refractivity contribution in [2.45, 2.75) is 6.04 Å². The van der Waals surface area contributed by atoms with Crippen LogP contribution in [0.5, 0.6) is 0 Å².